The van der Waals surface area contributed by atoms with Crippen molar-refractivity contribution in [3.8, 4) is 5.75 Å². The fraction of sp³-hybridized carbons (Fsp3) is 0.333. The number of ether oxygens (including phenoxy) is 2. The summed E-state index contributed by atoms with van der Waals surface area (Å²) in [5.41, 5.74) is 1.11. The van der Waals surface area contributed by atoms with E-state index in [2.05, 4.69) is 20.3 Å². The van der Waals surface area contributed by atoms with Gasteiger partial charge in [-0.1, -0.05) is 12.1 Å². The van der Waals surface area contributed by atoms with E-state index in [1.807, 2.05) is 0 Å². The first kappa shape index (κ1) is 22.7. The molecule has 1 N–H and O–H groups in total. The predicted molar refractivity (Wildman–Crippen MR) is 117 cm³/mol. The van der Waals surface area contributed by atoms with Gasteiger partial charge in [0.2, 0.25) is 5.91 Å². The van der Waals surface area contributed by atoms with Crippen molar-refractivity contribution >= 4 is 11.7 Å². The molecule has 0 bridgehead atoms. The van der Waals surface area contributed by atoms with E-state index >= 15 is 0 Å². The Balaban J connectivity index is 1.57. The molecule has 172 valence electrons. The van der Waals surface area contributed by atoms with E-state index in [0.717, 1.165) is 11.8 Å². The zero-order valence-corrected chi connectivity index (χ0v) is 18.6. The van der Waals surface area contributed by atoms with E-state index in [0.29, 0.717) is 29.3 Å². The zero-order chi connectivity index (χ0) is 23.6. The van der Waals surface area contributed by atoms with Crippen LogP contribution in [-0.2, 0) is 21.6 Å². The van der Waals surface area contributed by atoms with Crippen LogP contribution in [0.1, 0.15) is 29.1 Å². The summed E-state index contributed by atoms with van der Waals surface area (Å²) in [7, 11) is 1.56. The van der Waals surface area contributed by atoms with Crippen LogP contribution in [0.2, 0.25) is 0 Å². The topological polar surface area (TPSA) is 86.2 Å². The van der Waals surface area contributed by atoms with Crippen molar-refractivity contribution in [3.63, 3.8) is 0 Å². The Kier molecular flexibility index (Phi) is 6.33. The molecule has 1 aromatic carbocycles. The second kappa shape index (κ2) is 9.19. The molecule has 0 spiro atoms. The minimum Gasteiger partial charge on any atom is -0.489 e. The number of amides is 1. The maximum Gasteiger partial charge on any atom is 0.229 e. The van der Waals surface area contributed by atoms with Gasteiger partial charge in [0, 0.05) is 12.5 Å². The summed E-state index contributed by atoms with van der Waals surface area (Å²) < 4.78 is 38.4. The first-order valence-corrected chi connectivity index (χ1v) is 10.5. The lowest BCUT2D eigenvalue weighted by molar-refractivity contribution is -0.117. The Morgan fingerprint density at radius 1 is 1.18 bits per heavy atom. The Bertz CT molecular complexity index is 1170. The highest BCUT2D eigenvalue weighted by molar-refractivity contribution is 5.95. The molecule has 2 unspecified atom stereocenters. The summed E-state index contributed by atoms with van der Waals surface area (Å²) in [6.07, 6.45) is 3.15. The van der Waals surface area contributed by atoms with E-state index in [-0.39, 0.29) is 30.8 Å². The van der Waals surface area contributed by atoms with Crippen LogP contribution >= 0.6 is 0 Å². The first-order chi connectivity index (χ1) is 15.8. The predicted octanol–water partition coefficient (Wildman–Crippen LogP) is 3.89. The number of carbonyl (C=O) groups excluding carboxylic acids is 1. The van der Waals surface area contributed by atoms with Gasteiger partial charge in [0.25, 0.3) is 0 Å². The third kappa shape index (κ3) is 4.83. The fourth-order valence-electron chi connectivity index (χ4n) is 3.89. The standard InChI is InChI=1S/C24H24F2N4O3/c1-14-8-22(28-10-19(14)26)30-23(31)18-9-24(18,16-4-6-17(25)7-5-16)13-33-21-11-27-15(2)29-20(21)12-32-3/h4-8,10-11,18H,9,12-13H2,1-3H3,(H,28,30,31). The van der Waals surface area contributed by atoms with Crippen LogP contribution in [-0.4, -0.2) is 34.6 Å². The fourth-order valence-corrected chi connectivity index (χ4v) is 3.89. The molecule has 1 aliphatic carbocycles. The number of halogens is 2. The van der Waals surface area contributed by atoms with Gasteiger partial charge in [-0.05, 0) is 49.6 Å². The third-order valence-corrected chi connectivity index (χ3v) is 5.83. The molecule has 0 radical (unpaired) electrons. The number of anilines is 1. The first-order valence-electron chi connectivity index (χ1n) is 10.5. The van der Waals surface area contributed by atoms with Crippen molar-refractivity contribution < 1.29 is 23.0 Å². The van der Waals surface area contributed by atoms with E-state index in [1.165, 1.54) is 18.2 Å². The summed E-state index contributed by atoms with van der Waals surface area (Å²) >= 11 is 0. The summed E-state index contributed by atoms with van der Waals surface area (Å²) in [5.74, 6) is -0.184. The van der Waals surface area contributed by atoms with Gasteiger partial charge in [0.05, 0.1) is 31.5 Å². The number of hydrogen-bond donors (Lipinski definition) is 1. The van der Waals surface area contributed by atoms with Gasteiger partial charge >= 0.3 is 0 Å². The van der Waals surface area contributed by atoms with E-state index in [4.69, 9.17) is 9.47 Å². The van der Waals surface area contributed by atoms with Crippen molar-refractivity contribution in [2.75, 3.05) is 19.0 Å². The lowest BCUT2D eigenvalue weighted by atomic mass is 9.93. The molecule has 0 saturated heterocycles. The van der Waals surface area contributed by atoms with Crippen molar-refractivity contribution in [3.05, 3.63) is 77.0 Å². The number of benzene rings is 1. The molecular weight excluding hydrogens is 430 g/mol. The average Bonchev–Trinajstić information content (AvgIpc) is 3.52. The highest BCUT2D eigenvalue weighted by Crippen LogP contribution is 2.55. The van der Waals surface area contributed by atoms with Crippen LogP contribution in [0.4, 0.5) is 14.6 Å². The molecule has 2 atom stereocenters. The molecule has 1 aliphatic rings. The van der Waals surface area contributed by atoms with Gasteiger partial charge in [-0.15, -0.1) is 0 Å². The Morgan fingerprint density at radius 3 is 2.64 bits per heavy atom. The Labute approximate surface area is 190 Å². The van der Waals surface area contributed by atoms with E-state index < -0.39 is 17.2 Å². The number of methoxy groups -OCH3 is 1. The smallest absolute Gasteiger partial charge is 0.229 e. The SMILES string of the molecule is COCc1nc(C)ncc1OCC1(c2ccc(F)cc2)CC1C(=O)Nc1cc(C)c(F)cn1. The van der Waals surface area contributed by atoms with Gasteiger partial charge in [-0.3, -0.25) is 4.79 Å². The van der Waals surface area contributed by atoms with Gasteiger partial charge in [-0.2, -0.15) is 0 Å². The molecule has 1 saturated carbocycles. The molecule has 1 amide bonds. The average molecular weight is 454 g/mol. The second-order valence-electron chi connectivity index (χ2n) is 8.18. The molecule has 1 fully saturated rings. The number of hydrogen-bond acceptors (Lipinski definition) is 6. The molecule has 9 heteroatoms. The monoisotopic (exact) mass is 454 g/mol. The minimum atomic E-state index is -0.665. The van der Waals surface area contributed by atoms with Crippen LogP contribution in [0.5, 0.6) is 5.75 Å². The van der Waals surface area contributed by atoms with E-state index in [9.17, 15) is 13.6 Å². The van der Waals surface area contributed by atoms with Crippen LogP contribution in [0.25, 0.3) is 0 Å². The third-order valence-electron chi connectivity index (χ3n) is 5.83. The van der Waals surface area contributed by atoms with Crippen LogP contribution < -0.4 is 10.1 Å². The van der Waals surface area contributed by atoms with Gasteiger partial charge < -0.3 is 14.8 Å². The maximum atomic E-state index is 13.6. The van der Waals surface area contributed by atoms with Crippen LogP contribution in [0.15, 0.2) is 42.7 Å². The number of pyridine rings is 1. The number of carbonyl (C=O) groups is 1. The Hall–Kier alpha value is -3.46. The normalized spacial score (nSPS) is 19.2. The van der Waals surface area contributed by atoms with Gasteiger partial charge in [-0.25, -0.2) is 23.7 Å². The molecule has 33 heavy (non-hydrogen) atoms. The number of nitrogens with one attached hydrogen (secondary N) is 1. The molecule has 4 rings (SSSR count). The number of nitrogens with zero attached hydrogens (tertiary/aromatic N) is 3. The molecule has 3 aromatic rings. The molecule has 2 aromatic heterocycles. The summed E-state index contributed by atoms with van der Waals surface area (Å²) in [6, 6.07) is 7.52. The van der Waals surface area contributed by atoms with Crippen molar-refractivity contribution in [1.29, 1.82) is 0 Å². The summed E-state index contributed by atoms with van der Waals surface area (Å²) in [6.45, 7) is 3.79. The largest absolute Gasteiger partial charge is 0.489 e. The van der Waals surface area contributed by atoms with Gasteiger partial charge in [0.15, 0.2) is 5.75 Å². The molecule has 7 nitrogen and oxygen atoms in total. The lowest BCUT2D eigenvalue weighted by Gasteiger charge is -2.20. The van der Waals surface area contributed by atoms with Crippen LogP contribution in [0.3, 0.4) is 0 Å². The highest BCUT2D eigenvalue weighted by atomic mass is 19.1. The second-order valence-corrected chi connectivity index (χ2v) is 8.18. The lowest BCUT2D eigenvalue weighted by Crippen LogP contribution is -2.27. The quantitative estimate of drug-likeness (QED) is 0.556. The molecule has 2 heterocycles. The zero-order valence-electron chi connectivity index (χ0n) is 18.6. The van der Waals surface area contributed by atoms with Crippen molar-refractivity contribution in [2.24, 2.45) is 5.92 Å². The summed E-state index contributed by atoms with van der Waals surface area (Å²) in [5, 5.41) is 2.75. The minimum absolute atomic E-state index is 0.162. The maximum absolute atomic E-state index is 13.6. The number of aromatic nitrogens is 3. The Morgan fingerprint density at radius 2 is 1.94 bits per heavy atom. The van der Waals surface area contributed by atoms with Crippen LogP contribution in [0, 0.1) is 31.4 Å². The summed E-state index contributed by atoms with van der Waals surface area (Å²) in [4.78, 5) is 25.5. The molecule has 0 aliphatic heterocycles. The van der Waals surface area contributed by atoms with Crippen molar-refractivity contribution in [1.82, 2.24) is 15.0 Å². The number of aryl methyl sites for hydroxylation is 2. The number of rotatable bonds is 8. The van der Waals surface area contributed by atoms with E-state index in [1.54, 1.807) is 39.3 Å². The van der Waals surface area contributed by atoms with Crippen molar-refractivity contribution in [2.45, 2.75) is 32.3 Å². The van der Waals surface area contributed by atoms with Gasteiger partial charge in [0.1, 0.15) is 29.0 Å². The highest BCUT2D eigenvalue weighted by Gasteiger charge is 2.60. The molecular formula is C24H24F2N4O3.